The molecule has 1 nitrogen and oxygen atoms in total. The van der Waals surface area contributed by atoms with E-state index in [1.807, 2.05) is 49.4 Å². The van der Waals surface area contributed by atoms with Crippen LogP contribution < -0.4 is 0 Å². The quantitative estimate of drug-likeness (QED) is 0.725. The Labute approximate surface area is 99.7 Å². The van der Waals surface area contributed by atoms with Crippen molar-refractivity contribution < 1.29 is 4.21 Å². The summed E-state index contributed by atoms with van der Waals surface area (Å²) < 4.78 is 11.6. The van der Waals surface area contributed by atoms with Gasteiger partial charge in [0.1, 0.15) is 0 Å². The molecule has 0 bridgehead atoms. The van der Waals surface area contributed by atoms with Crippen LogP contribution in [0, 0.1) is 0 Å². The minimum absolute atomic E-state index is 0.855. The van der Waals surface area contributed by atoms with Crippen LogP contribution in [0.5, 0.6) is 0 Å². The number of rotatable bonds is 4. The predicted molar refractivity (Wildman–Crippen MR) is 71.8 cm³/mol. The van der Waals surface area contributed by atoms with Crippen molar-refractivity contribution in [2.24, 2.45) is 0 Å². The van der Waals surface area contributed by atoms with E-state index in [0.717, 1.165) is 16.0 Å². The molecule has 0 heterocycles. The van der Waals surface area contributed by atoms with Crippen LogP contribution in [0.4, 0.5) is 0 Å². The minimum atomic E-state index is -0.977. The molecular formula is C14H16OS. The van der Waals surface area contributed by atoms with Crippen LogP contribution in [0.3, 0.4) is 0 Å². The molecule has 1 atom stereocenters. The Morgan fingerprint density at radius 1 is 1.38 bits per heavy atom. The zero-order chi connectivity index (χ0) is 12.0. The van der Waals surface area contributed by atoms with Gasteiger partial charge in [-0.1, -0.05) is 49.1 Å². The van der Waals surface area contributed by atoms with E-state index < -0.39 is 10.8 Å². The van der Waals surface area contributed by atoms with Crippen LogP contribution in [0.1, 0.15) is 12.5 Å². The summed E-state index contributed by atoms with van der Waals surface area (Å²) in [5.41, 5.74) is 2.03. The van der Waals surface area contributed by atoms with Crippen molar-refractivity contribution in [3.63, 3.8) is 0 Å². The molecule has 16 heavy (non-hydrogen) atoms. The van der Waals surface area contributed by atoms with Gasteiger partial charge in [0.2, 0.25) is 0 Å². The van der Waals surface area contributed by atoms with E-state index in [4.69, 9.17) is 0 Å². The second-order valence-corrected chi connectivity index (χ2v) is 4.66. The summed E-state index contributed by atoms with van der Waals surface area (Å²) in [4.78, 5) is 0.855. The molecule has 1 aromatic carbocycles. The van der Waals surface area contributed by atoms with Crippen LogP contribution >= 0.6 is 0 Å². The molecule has 0 spiro atoms. The monoisotopic (exact) mass is 232 g/mol. The molecule has 1 aromatic rings. The van der Waals surface area contributed by atoms with Crippen molar-refractivity contribution >= 4 is 16.4 Å². The highest BCUT2D eigenvalue weighted by Gasteiger charge is 2.06. The summed E-state index contributed by atoms with van der Waals surface area (Å²) in [5.74, 6) is 0. The fourth-order valence-corrected chi connectivity index (χ4v) is 2.26. The van der Waals surface area contributed by atoms with Crippen LogP contribution in [-0.4, -0.2) is 10.5 Å². The van der Waals surface area contributed by atoms with Crippen molar-refractivity contribution in [2.75, 3.05) is 6.26 Å². The molecule has 0 saturated heterocycles. The van der Waals surface area contributed by atoms with E-state index in [2.05, 4.69) is 6.58 Å². The van der Waals surface area contributed by atoms with Crippen LogP contribution in [0.2, 0.25) is 0 Å². The Balaban J connectivity index is 3.34. The summed E-state index contributed by atoms with van der Waals surface area (Å²) in [6.45, 7) is 5.66. The first kappa shape index (κ1) is 12.7. The molecule has 84 valence electrons. The van der Waals surface area contributed by atoms with Gasteiger partial charge in [-0.2, -0.15) is 0 Å². The van der Waals surface area contributed by atoms with Crippen LogP contribution in [0.25, 0.3) is 5.57 Å². The largest absolute Gasteiger partial charge is 0.255 e. The molecule has 0 N–H and O–H groups in total. The van der Waals surface area contributed by atoms with Crippen molar-refractivity contribution in [1.29, 1.82) is 0 Å². The first-order chi connectivity index (χ1) is 7.70. The van der Waals surface area contributed by atoms with Gasteiger partial charge in [0.25, 0.3) is 0 Å². The molecular weight excluding hydrogens is 216 g/mol. The third-order valence-corrected chi connectivity index (χ3v) is 3.13. The van der Waals surface area contributed by atoms with Gasteiger partial charge in [0, 0.05) is 11.2 Å². The van der Waals surface area contributed by atoms with E-state index in [0.29, 0.717) is 0 Å². The van der Waals surface area contributed by atoms with Crippen molar-refractivity contribution in [2.45, 2.75) is 11.8 Å². The molecule has 0 aromatic heterocycles. The molecule has 0 fully saturated rings. The lowest BCUT2D eigenvalue weighted by Gasteiger charge is -2.07. The van der Waals surface area contributed by atoms with Gasteiger partial charge in [-0.05, 0) is 24.1 Å². The normalized spacial score (nSPS) is 14.0. The molecule has 0 radical (unpaired) electrons. The predicted octanol–water partition coefficient (Wildman–Crippen LogP) is 3.57. The van der Waals surface area contributed by atoms with Crippen LogP contribution in [-0.2, 0) is 10.8 Å². The fourth-order valence-electron chi connectivity index (χ4n) is 1.50. The molecule has 0 saturated carbocycles. The third kappa shape index (κ3) is 3.04. The second kappa shape index (κ2) is 6.23. The van der Waals surface area contributed by atoms with E-state index >= 15 is 0 Å². The third-order valence-electron chi connectivity index (χ3n) is 2.15. The van der Waals surface area contributed by atoms with Crippen molar-refractivity contribution in [3.8, 4) is 0 Å². The summed E-state index contributed by atoms with van der Waals surface area (Å²) >= 11 is 0. The van der Waals surface area contributed by atoms with Gasteiger partial charge in [0.05, 0.1) is 10.8 Å². The fraction of sp³-hybridized carbons (Fsp3) is 0.143. The second-order valence-electron chi connectivity index (χ2n) is 3.31. The van der Waals surface area contributed by atoms with E-state index in [9.17, 15) is 4.21 Å². The maximum absolute atomic E-state index is 11.6. The molecule has 1 rings (SSSR count). The highest BCUT2D eigenvalue weighted by molar-refractivity contribution is 7.84. The van der Waals surface area contributed by atoms with E-state index in [1.165, 1.54) is 0 Å². The Bertz CT molecular complexity index is 456. The molecule has 0 aliphatic rings. The maximum atomic E-state index is 11.6. The standard InChI is InChI=1S/C14H16OS/c1-4-8-12(9-5-2)13-10-6-7-11-14(13)16(3)15/h4-11H,1H2,2-3H3/b9-5-,12-8+. The highest BCUT2D eigenvalue weighted by Crippen LogP contribution is 2.22. The zero-order valence-electron chi connectivity index (χ0n) is 9.64. The van der Waals surface area contributed by atoms with Gasteiger partial charge < -0.3 is 0 Å². The zero-order valence-corrected chi connectivity index (χ0v) is 10.5. The minimum Gasteiger partial charge on any atom is -0.255 e. The number of hydrogen-bond acceptors (Lipinski definition) is 1. The van der Waals surface area contributed by atoms with Gasteiger partial charge in [-0.25, -0.2) is 0 Å². The summed E-state index contributed by atoms with van der Waals surface area (Å²) in [5, 5.41) is 0. The lowest BCUT2D eigenvalue weighted by atomic mass is 10.1. The molecule has 0 amide bonds. The van der Waals surface area contributed by atoms with E-state index in [1.54, 1.807) is 12.3 Å². The number of allylic oxidation sites excluding steroid dienone is 5. The molecule has 0 aliphatic carbocycles. The van der Waals surface area contributed by atoms with Gasteiger partial charge in [-0.15, -0.1) is 0 Å². The lowest BCUT2D eigenvalue weighted by Crippen LogP contribution is -1.94. The SMILES string of the molecule is C=C/C=C(\C=C/C)c1ccccc1S(C)=O. The maximum Gasteiger partial charge on any atom is 0.0504 e. The molecule has 1 unspecified atom stereocenters. The van der Waals surface area contributed by atoms with Gasteiger partial charge in [-0.3, -0.25) is 4.21 Å². The van der Waals surface area contributed by atoms with Crippen molar-refractivity contribution in [1.82, 2.24) is 0 Å². The summed E-state index contributed by atoms with van der Waals surface area (Å²) in [7, 11) is -0.977. The number of benzene rings is 1. The number of hydrogen-bond donors (Lipinski definition) is 0. The lowest BCUT2D eigenvalue weighted by molar-refractivity contribution is 0.686. The first-order valence-corrected chi connectivity index (χ1v) is 6.64. The topological polar surface area (TPSA) is 17.1 Å². The first-order valence-electron chi connectivity index (χ1n) is 5.09. The van der Waals surface area contributed by atoms with Gasteiger partial charge >= 0.3 is 0 Å². The average Bonchev–Trinajstić information content (AvgIpc) is 2.29. The average molecular weight is 232 g/mol. The highest BCUT2D eigenvalue weighted by atomic mass is 32.2. The Morgan fingerprint density at radius 3 is 2.62 bits per heavy atom. The van der Waals surface area contributed by atoms with E-state index in [-0.39, 0.29) is 0 Å². The molecule has 0 aliphatic heterocycles. The Kier molecular flexibility index (Phi) is 4.93. The van der Waals surface area contributed by atoms with Crippen molar-refractivity contribution in [3.05, 3.63) is 60.7 Å². The summed E-state index contributed by atoms with van der Waals surface area (Å²) in [6.07, 6.45) is 9.31. The Morgan fingerprint density at radius 2 is 2.06 bits per heavy atom. The smallest absolute Gasteiger partial charge is 0.0504 e. The van der Waals surface area contributed by atoms with Crippen LogP contribution in [0.15, 0.2) is 60.0 Å². The summed E-state index contributed by atoms with van der Waals surface area (Å²) in [6, 6.07) is 7.73. The van der Waals surface area contributed by atoms with Gasteiger partial charge in [0.15, 0.2) is 0 Å². The Hall–Kier alpha value is -1.41. The molecule has 2 heteroatoms.